The molecule has 1 aliphatic heterocycles. The van der Waals surface area contributed by atoms with Crippen molar-refractivity contribution >= 4 is 10.0 Å². The van der Waals surface area contributed by atoms with E-state index < -0.39 is 10.0 Å². The number of aromatic nitrogens is 4. The van der Waals surface area contributed by atoms with Gasteiger partial charge in [-0.05, 0) is 26.0 Å². The Kier molecular flexibility index (Phi) is 3.65. The summed E-state index contributed by atoms with van der Waals surface area (Å²) >= 11 is 0. The number of sulfonamides is 1. The highest BCUT2D eigenvalue weighted by molar-refractivity contribution is 7.89. The Morgan fingerprint density at radius 2 is 2.00 bits per heavy atom. The van der Waals surface area contributed by atoms with Gasteiger partial charge < -0.3 is 9.05 Å². The first kappa shape index (κ1) is 15.9. The molecule has 0 N–H and O–H groups in total. The van der Waals surface area contributed by atoms with Crippen LogP contribution in [0.2, 0.25) is 0 Å². The van der Waals surface area contributed by atoms with E-state index in [0.717, 1.165) is 5.56 Å². The Bertz CT molecular complexity index is 986. The predicted molar refractivity (Wildman–Crippen MR) is 85.0 cm³/mol. The maximum Gasteiger partial charge on any atom is 0.248 e. The molecule has 0 atom stereocenters. The molecule has 0 spiro atoms. The minimum Gasteiger partial charge on any atom is -0.360 e. The Balaban J connectivity index is 1.50. The van der Waals surface area contributed by atoms with Gasteiger partial charge in [-0.3, -0.25) is 4.98 Å². The molecule has 0 saturated carbocycles. The topological polar surface area (TPSA) is 115 Å². The zero-order chi connectivity index (χ0) is 17.6. The third-order valence-electron chi connectivity index (χ3n) is 4.12. The minimum atomic E-state index is -3.63. The van der Waals surface area contributed by atoms with Crippen molar-refractivity contribution in [2.24, 2.45) is 0 Å². The summed E-state index contributed by atoms with van der Waals surface area (Å²) in [7, 11) is -3.63. The van der Waals surface area contributed by atoms with Gasteiger partial charge in [0.25, 0.3) is 0 Å². The lowest BCUT2D eigenvalue weighted by Gasteiger charge is -2.35. The van der Waals surface area contributed by atoms with E-state index in [2.05, 4.69) is 20.3 Å². The molecule has 10 heteroatoms. The van der Waals surface area contributed by atoms with Gasteiger partial charge in [0.15, 0.2) is 5.76 Å². The molecule has 0 aromatic carbocycles. The summed E-state index contributed by atoms with van der Waals surface area (Å²) in [4.78, 5) is 8.49. The van der Waals surface area contributed by atoms with E-state index in [1.54, 1.807) is 32.3 Å². The highest BCUT2D eigenvalue weighted by atomic mass is 32.2. The van der Waals surface area contributed by atoms with Crippen LogP contribution in [0.15, 0.2) is 38.5 Å². The third kappa shape index (κ3) is 2.63. The molecule has 1 aliphatic rings. The third-order valence-corrected chi connectivity index (χ3v) is 6.20. The van der Waals surface area contributed by atoms with Gasteiger partial charge in [-0.25, -0.2) is 8.42 Å². The molecular formula is C15H15N5O4S. The second-order valence-corrected chi connectivity index (χ2v) is 7.74. The maximum absolute atomic E-state index is 12.7. The number of rotatable bonds is 4. The molecule has 0 amide bonds. The van der Waals surface area contributed by atoms with E-state index in [4.69, 9.17) is 9.05 Å². The molecular weight excluding hydrogens is 346 g/mol. The van der Waals surface area contributed by atoms with Crippen molar-refractivity contribution in [3.05, 3.63) is 41.9 Å². The molecule has 1 fully saturated rings. The fourth-order valence-corrected chi connectivity index (χ4v) is 4.60. The number of nitrogens with zero attached hydrogens (tertiary/aromatic N) is 5. The second kappa shape index (κ2) is 5.74. The van der Waals surface area contributed by atoms with Crippen LogP contribution in [-0.4, -0.2) is 46.1 Å². The van der Waals surface area contributed by atoms with Crippen LogP contribution < -0.4 is 0 Å². The van der Waals surface area contributed by atoms with Crippen molar-refractivity contribution in [3.8, 4) is 11.4 Å². The first-order valence-electron chi connectivity index (χ1n) is 7.64. The summed E-state index contributed by atoms with van der Waals surface area (Å²) in [5.74, 6) is 1.02. The van der Waals surface area contributed by atoms with Gasteiger partial charge in [-0.2, -0.15) is 9.29 Å². The van der Waals surface area contributed by atoms with Gasteiger partial charge in [0.05, 0.1) is 5.92 Å². The van der Waals surface area contributed by atoms with Crippen molar-refractivity contribution in [1.82, 2.24) is 24.6 Å². The van der Waals surface area contributed by atoms with E-state index >= 15 is 0 Å². The van der Waals surface area contributed by atoms with Gasteiger partial charge in [-0.15, -0.1) is 0 Å². The maximum atomic E-state index is 12.7. The lowest BCUT2D eigenvalue weighted by atomic mass is 10.0. The Hall–Kier alpha value is -2.59. The zero-order valence-corrected chi connectivity index (χ0v) is 14.4. The Labute approximate surface area is 143 Å². The summed E-state index contributed by atoms with van der Waals surface area (Å²) in [5, 5.41) is 7.65. The van der Waals surface area contributed by atoms with Crippen LogP contribution in [0.3, 0.4) is 0 Å². The summed E-state index contributed by atoms with van der Waals surface area (Å²) in [6.45, 7) is 3.75. The molecule has 0 bridgehead atoms. The molecule has 4 rings (SSSR count). The highest BCUT2D eigenvalue weighted by Crippen LogP contribution is 2.33. The molecule has 3 aromatic heterocycles. The molecule has 130 valence electrons. The van der Waals surface area contributed by atoms with Gasteiger partial charge in [0, 0.05) is 31.0 Å². The molecule has 9 nitrogen and oxygen atoms in total. The summed E-state index contributed by atoms with van der Waals surface area (Å²) < 4.78 is 36.9. The first-order chi connectivity index (χ1) is 12.0. The van der Waals surface area contributed by atoms with Crippen molar-refractivity contribution < 1.29 is 17.5 Å². The van der Waals surface area contributed by atoms with Crippen molar-refractivity contribution in [3.63, 3.8) is 0 Å². The largest absolute Gasteiger partial charge is 0.360 e. The zero-order valence-electron chi connectivity index (χ0n) is 13.6. The quantitative estimate of drug-likeness (QED) is 0.687. The fourth-order valence-electron chi connectivity index (χ4n) is 2.78. The number of hydrogen-bond acceptors (Lipinski definition) is 8. The Morgan fingerprint density at radius 1 is 1.20 bits per heavy atom. The number of pyridine rings is 1. The molecule has 3 aromatic rings. The first-order valence-corrected chi connectivity index (χ1v) is 9.08. The van der Waals surface area contributed by atoms with Crippen LogP contribution in [-0.2, 0) is 10.0 Å². The van der Waals surface area contributed by atoms with Crippen LogP contribution in [0, 0.1) is 13.8 Å². The van der Waals surface area contributed by atoms with Crippen LogP contribution in [0.4, 0.5) is 0 Å². The van der Waals surface area contributed by atoms with Crippen LogP contribution in [0.1, 0.15) is 23.3 Å². The molecule has 1 saturated heterocycles. The average Bonchev–Trinajstić information content (AvgIpc) is 3.14. The summed E-state index contributed by atoms with van der Waals surface area (Å²) in [5.41, 5.74) is 1.11. The van der Waals surface area contributed by atoms with Gasteiger partial charge in [0.2, 0.25) is 21.7 Å². The smallest absolute Gasteiger partial charge is 0.248 e. The fraction of sp³-hybridized carbons (Fsp3) is 0.333. The van der Waals surface area contributed by atoms with E-state index in [0.29, 0.717) is 17.4 Å². The minimum absolute atomic E-state index is 0.131. The molecule has 4 heterocycles. The SMILES string of the molecule is Cc1noc(C)c1S(=O)(=O)N1CC(c2nc(-c3cccnc3)no2)C1. The van der Waals surface area contributed by atoms with Crippen molar-refractivity contribution in [1.29, 1.82) is 0 Å². The summed E-state index contributed by atoms with van der Waals surface area (Å²) in [6, 6.07) is 3.61. The lowest BCUT2D eigenvalue weighted by molar-refractivity contribution is 0.216. The monoisotopic (exact) mass is 361 g/mol. The molecule has 0 unspecified atom stereocenters. The van der Waals surface area contributed by atoms with Crippen LogP contribution in [0.25, 0.3) is 11.4 Å². The Morgan fingerprint density at radius 3 is 2.64 bits per heavy atom. The van der Waals surface area contributed by atoms with E-state index in [1.165, 1.54) is 4.31 Å². The van der Waals surface area contributed by atoms with E-state index in [1.807, 2.05) is 6.07 Å². The normalized spacial score (nSPS) is 16.1. The highest BCUT2D eigenvalue weighted by Gasteiger charge is 2.42. The molecule has 25 heavy (non-hydrogen) atoms. The number of aryl methyl sites for hydroxylation is 2. The average molecular weight is 361 g/mol. The molecule has 0 aliphatic carbocycles. The van der Waals surface area contributed by atoms with Crippen LogP contribution >= 0.6 is 0 Å². The van der Waals surface area contributed by atoms with E-state index in [9.17, 15) is 8.42 Å². The van der Waals surface area contributed by atoms with Crippen molar-refractivity contribution in [2.45, 2.75) is 24.7 Å². The van der Waals surface area contributed by atoms with Crippen LogP contribution in [0.5, 0.6) is 0 Å². The van der Waals surface area contributed by atoms with Crippen molar-refractivity contribution in [2.75, 3.05) is 13.1 Å². The number of hydrogen-bond donors (Lipinski definition) is 0. The molecule has 0 radical (unpaired) electrons. The summed E-state index contributed by atoms with van der Waals surface area (Å²) in [6.07, 6.45) is 3.30. The lowest BCUT2D eigenvalue weighted by Crippen LogP contribution is -2.48. The van der Waals surface area contributed by atoms with Gasteiger partial charge in [0.1, 0.15) is 10.6 Å². The second-order valence-electron chi connectivity index (χ2n) is 5.87. The predicted octanol–water partition coefficient (Wildman–Crippen LogP) is 1.52. The standard InChI is InChI=1S/C15H15N5O4S/c1-9-13(10(2)23-18-9)25(21,22)20-7-12(8-20)15-17-14(19-24-15)11-4-3-5-16-6-11/h3-6,12H,7-8H2,1-2H3. The van der Waals surface area contributed by atoms with E-state index in [-0.39, 0.29) is 29.7 Å². The van der Waals surface area contributed by atoms with Gasteiger partial charge in [-0.1, -0.05) is 10.3 Å². The van der Waals surface area contributed by atoms with Gasteiger partial charge >= 0.3 is 0 Å².